The summed E-state index contributed by atoms with van der Waals surface area (Å²) in [4.78, 5) is 3.62. The molecule has 0 saturated heterocycles. The molecule has 0 saturated carbocycles. The van der Waals surface area contributed by atoms with Crippen LogP contribution in [0.2, 0.25) is 6.32 Å². The fourth-order valence-electron chi connectivity index (χ4n) is 0.754. The topological polar surface area (TPSA) is 12.4 Å². The van der Waals surface area contributed by atoms with Gasteiger partial charge < -0.3 is 0 Å². The maximum absolute atomic E-state index is 5.52. The summed E-state index contributed by atoms with van der Waals surface area (Å²) in [7, 11) is 5.52. The summed E-state index contributed by atoms with van der Waals surface area (Å²) in [5.41, 5.74) is 2.47. The largest absolute Gasteiger partial charge is 0.273 e. The third kappa shape index (κ3) is 3.81. The minimum Gasteiger partial charge on any atom is -0.273 e. The smallest absolute Gasteiger partial charge is 0.0716 e. The van der Waals surface area contributed by atoms with E-state index in [-0.39, 0.29) is 0 Å². The van der Waals surface area contributed by atoms with Crippen molar-refractivity contribution >= 4 is 14.6 Å². The minimum absolute atomic E-state index is 0.575. The SMILES string of the molecule is [B]CC(/C=C\N=C)=C(/C)CC. The van der Waals surface area contributed by atoms with Gasteiger partial charge in [-0.15, -0.1) is 0 Å². The Morgan fingerprint density at radius 2 is 2.27 bits per heavy atom. The molecule has 58 valence electrons. The van der Waals surface area contributed by atoms with Gasteiger partial charge in [-0.2, -0.15) is 0 Å². The van der Waals surface area contributed by atoms with Gasteiger partial charge in [-0.1, -0.05) is 24.4 Å². The predicted octanol–water partition coefficient (Wildman–Crippen LogP) is 2.51. The zero-order chi connectivity index (χ0) is 8.69. The van der Waals surface area contributed by atoms with Gasteiger partial charge in [-0.05, 0) is 26.1 Å². The third-order valence-electron chi connectivity index (χ3n) is 1.68. The van der Waals surface area contributed by atoms with E-state index in [1.807, 2.05) is 6.08 Å². The van der Waals surface area contributed by atoms with Crippen LogP contribution in [-0.2, 0) is 0 Å². The van der Waals surface area contributed by atoms with E-state index in [0.717, 1.165) is 12.0 Å². The zero-order valence-electron chi connectivity index (χ0n) is 7.30. The van der Waals surface area contributed by atoms with Crippen LogP contribution in [0.1, 0.15) is 20.3 Å². The van der Waals surface area contributed by atoms with Crippen molar-refractivity contribution in [3.8, 4) is 0 Å². The standard InChI is InChI=1S/C9H14BN/c1-4-8(2)9(7-10)5-6-11-3/h5-6H,3-4,7H2,1-2H3/b6-5-,9-8-. The lowest BCUT2D eigenvalue weighted by Crippen LogP contribution is -1.83. The maximum Gasteiger partial charge on any atom is 0.0716 e. The van der Waals surface area contributed by atoms with Crippen LogP contribution < -0.4 is 0 Å². The number of nitrogens with zero attached hydrogens (tertiary/aromatic N) is 1. The summed E-state index contributed by atoms with van der Waals surface area (Å²) in [5.74, 6) is 0. The monoisotopic (exact) mass is 147 g/mol. The van der Waals surface area contributed by atoms with E-state index in [4.69, 9.17) is 7.85 Å². The van der Waals surface area contributed by atoms with Crippen LogP contribution >= 0.6 is 0 Å². The Labute approximate surface area is 70.3 Å². The fraction of sp³-hybridized carbons (Fsp3) is 0.444. The molecule has 1 nitrogen and oxygen atoms in total. The first-order valence-corrected chi connectivity index (χ1v) is 3.77. The molecule has 0 atom stereocenters. The molecular weight excluding hydrogens is 133 g/mol. The zero-order valence-corrected chi connectivity index (χ0v) is 7.30. The Morgan fingerprint density at radius 1 is 1.64 bits per heavy atom. The van der Waals surface area contributed by atoms with Crippen molar-refractivity contribution in [1.82, 2.24) is 0 Å². The van der Waals surface area contributed by atoms with E-state index < -0.39 is 0 Å². The van der Waals surface area contributed by atoms with E-state index in [1.54, 1.807) is 6.20 Å². The molecule has 0 bridgehead atoms. The Hall–Kier alpha value is -0.785. The molecule has 0 aliphatic rings. The Kier molecular flexibility index (Phi) is 5.53. The second-order valence-corrected chi connectivity index (χ2v) is 2.36. The van der Waals surface area contributed by atoms with Crippen LogP contribution in [0.5, 0.6) is 0 Å². The third-order valence-corrected chi connectivity index (χ3v) is 1.68. The number of aliphatic imine (C=N–C) groups is 1. The molecule has 0 N–H and O–H groups in total. The van der Waals surface area contributed by atoms with Gasteiger partial charge in [-0.25, -0.2) is 0 Å². The quantitative estimate of drug-likeness (QED) is 0.329. The summed E-state index contributed by atoms with van der Waals surface area (Å²) in [6.45, 7) is 7.54. The number of allylic oxidation sites excluding steroid dienone is 3. The van der Waals surface area contributed by atoms with Crippen molar-refractivity contribution in [2.45, 2.75) is 26.6 Å². The molecule has 0 aromatic rings. The lowest BCUT2D eigenvalue weighted by molar-refractivity contribution is 1.07. The van der Waals surface area contributed by atoms with Gasteiger partial charge in [0.05, 0.1) is 7.85 Å². The van der Waals surface area contributed by atoms with Crippen molar-refractivity contribution in [1.29, 1.82) is 0 Å². The highest BCUT2D eigenvalue weighted by Crippen LogP contribution is 2.12. The van der Waals surface area contributed by atoms with Gasteiger partial charge in [0.2, 0.25) is 0 Å². The second kappa shape index (κ2) is 5.96. The normalized spacial score (nSPS) is 13.3. The van der Waals surface area contributed by atoms with Crippen LogP contribution in [0.3, 0.4) is 0 Å². The van der Waals surface area contributed by atoms with Crippen molar-refractivity contribution in [3.63, 3.8) is 0 Å². The first kappa shape index (κ1) is 10.2. The lowest BCUT2D eigenvalue weighted by atomic mass is 9.92. The first-order chi connectivity index (χ1) is 5.26. The van der Waals surface area contributed by atoms with Crippen LogP contribution in [0.15, 0.2) is 28.4 Å². The summed E-state index contributed by atoms with van der Waals surface area (Å²) in [6, 6.07) is 0. The van der Waals surface area contributed by atoms with Crippen molar-refractivity contribution in [2.75, 3.05) is 0 Å². The fourth-order valence-corrected chi connectivity index (χ4v) is 0.754. The van der Waals surface area contributed by atoms with Gasteiger partial charge in [-0.3, -0.25) is 4.99 Å². The van der Waals surface area contributed by atoms with Gasteiger partial charge in [0.1, 0.15) is 0 Å². The Bertz CT molecular complexity index is 180. The average Bonchev–Trinajstić information content (AvgIpc) is 2.05. The maximum atomic E-state index is 5.52. The van der Waals surface area contributed by atoms with E-state index in [1.165, 1.54) is 5.57 Å². The summed E-state index contributed by atoms with van der Waals surface area (Å²) < 4.78 is 0. The summed E-state index contributed by atoms with van der Waals surface area (Å²) in [6.07, 6.45) is 5.19. The molecule has 0 heterocycles. The van der Waals surface area contributed by atoms with Crippen LogP contribution in [0, 0.1) is 0 Å². The molecule has 0 spiro atoms. The highest BCUT2D eigenvalue weighted by Gasteiger charge is 1.92. The molecule has 2 radical (unpaired) electrons. The van der Waals surface area contributed by atoms with Crippen LogP contribution in [0.4, 0.5) is 0 Å². The highest BCUT2D eigenvalue weighted by atomic mass is 14.6. The Morgan fingerprint density at radius 3 is 2.64 bits per heavy atom. The summed E-state index contributed by atoms with van der Waals surface area (Å²) >= 11 is 0. The first-order valence-electron chi connectivity index (χ1n) is 3.77. The molecule has 11 heavy (non-hydrogen) atoms. The van der Waals surface area contributed by atoms with Gasteiger partial charge in [0.25, 0.3) is 0 Å². The van der Waals surface area contributed by atoms with E-state index >= 15 is 0 Å². The lowest BCUT2D eigenvalue weighted by Gasteiger charge is -2.01. The second-order valence-electron chi connectivity index (χ2n) is 2.36. The van der Waals surface area contributed by atoms with E-state index in [9.17, 15) is 0 Å². The Balaban J connectivity index is 4.37. The molecule has 0 aliphatic heterocycles. The van der Waals surface area contributed by atoms with Gasteiger partial charge in [0, 0.05) is 6.20 Å². The molecule has 0 rings (SSSR count). The van der Waals surface area contributed by atoms with Crippen LogP contribution in [0.25, 0.3) is 0 Å². The molecule has 0 aromatic heterocycles. The minimum atomic E-state index is 0.575. The molecule has 2 heteroatoms. The van der Waals surface area contributed by atoms with Crippen molar-refractivity contribution < 1.29 is 0 Å². The van der Waals surface area contributed by atoms with Crippen molar-refractivity contribution in [2.24, 2.45) is 4.99 Å². The number of rotatable bonds is 4. The van der Waals surface area contributed by atoms with Crippen molar-refractivity contribution in [3.05, 3.63) is 23.4 Å². The number of hydrogen-bond donors (Lipinski definition) is 0. The molecule has 0 fully saturated rings. The molecular formula is C9H14BN. The van der Waals surface area contributed by atoms with Gasteiger partial charge >= 0.3 is 0 Å². The average molecular weight is 147 g/mol. The van der Waals surface area contributed by atoms with E-state index in [0.29, 0.717) is 6.32 Å². The molecule has 0 amide bonds. The highest BCUT2D eigenvalue weighted by molar-refractivity contribution is 6.10. The molecule has 0 unspecified atom stereocenters. The molecule has 0 aromatic carbocycles. The van der Waals surface area contributed by atoms with E-state index in [2.05, 4.69) is 25.6 Å². The van der Waals surface area contributed by atoms with Crippen LogP contribution in [-0.4, -0.2) is 14.6 Å². The predicted molar refractivity (Wildman–Crippen MR) is 52.2 cm³/mol. The molecule has 0 aliphatic carbocycles. The number of hydrogen-bond acceptors (Lipinski definition) is 1. The summed E-state index contributed by atoms with van der Waals surface area (Å²) in [5, 5.41) is 0. The van der Waals surface area contributed by atoms with Gasteiger partial charge in [0.15, 0.2) is 0 Å².